The van der Waals surface area contributed by atoms with Gasteiger partial charge in [0.25, 0.3) is 0 Å². The van der Waals surface area contributed by atoms with Crippen LogP contribution >= 0.6 is 0 Å². The average Bonchev–Trinajstić information content (AvgIpc) is 2.42. The fourth-order valence-corrected chi connectivity index (χ4v) is 3.26. The van der Waals surface area contributed by atoms with Gasteiger partial charge in [0.05, 0.1) is 0 Å². The van der Waals surface area contributed by atoms with Crippen LogP contribution in [-0.2, 0) is 6.42 Å². The van der Waals surface area contributed by atoms with Crippen LogP contribution in [0.3, 0.4) is 0 Å². The Morgan fingerprint density at radius 1 is 1.05 bits per heavy atom. The molecule has 20 heavy (non-hydrogen) atoms. The van der Waals surface area contributed by atoms with E-state index in [2.05, 4.69) is 53.9 Å². The van der Waals surface area contributed by atoms with Crippen molar-refractivity contribution in [2.45, 2.75) is 53.9 Å². The maximum atomic E-state index is 4.30. The Kier molecular flexibility index (Phi) is 4.04. The molecule has 0 atom stereocenters. The molecule has 0 aliphatic heterocycles. The first-order valence-corrected chi connectivity index (χ1v) is 7.55. The van der Waals surface area contributed by atoms with Gasteiger partial charge in [-0.3, -0.25) is 0 Å². The van der Waals surface area contributed by atoms with Gasteiger partial charge in [-0.1, -0.05) is 38.2 Å². The molecule has 0 saturated heterocycles. The molecule has 0 heterocycles. The molecular formula is C20H26. The van der Waals surface area contributed by atoms with Crippen LogP contribution in [0.4, 0.5) is 0 Å². The van der Waals surface area contributed by atoms with Crippen molar-refractivity contribution in [1.29, 1.82) is 0 Å². The standard InChI is InChI=1S/C20H26/c1-8-9-12(2)18-10-13(3)20-17(7)15(5)14(4)16(6)19(20)11-18/h10H,2-3,8-9,11H2,1,4-7H3. The number of fused-ring (bicyclic) bond motifs is 1. The maximum Gasteiger partial charge on any atom is -0.00141 e. The molecule has 1 aliphatic rings. The fourth-order valence-electron chi connectivity index (χ4n) is 3.26. The molecule has 0 radical (unpaired) electrons. The summed E-state index contributed by atoms with van der Waals surface area (Å²) in [4.78, 5) is 0. The van der Waals surface area contributed by atoms with E-state index in [1.165, 1.54) is 44.5 Å². The van der Waals surface area contributed by atoms with E-state index in [0.29, 0.717) is 0 Å². The van der Waals surface area contributed by atoms with Gasteiger partial charge in [0, 0.05) is 0 Å². The molecule has 0 N–H and O–H groups in total. The van der Waals surface area contributed by atoms with Crippen LogP contribution in [0.5, 0.6) is 0 Å². The van der Waals surface area contributed by atoms with Crippen molar-refractivity contribution in [3.05, 3.63) is 63.8 Å². The summed E-state index contributed by atoms with van der Waals surface area (Å²) in [5.74, 6) is 0. The molecule has 0 saturated carbocycles. The predicted molar refractivity (Wildman–Crippen MR) is 90.3 cm³/mol. The first-order chi connectivity index (χ1) is 9.38. The Hall–Kier alpha value is -1.56. The lowest BCUT2D eigenvalue weighted by Crippen LogP contribution is -2.10. The first kappa shape index (κ1) is 14.8. The molecule has 0 aromatic heterocycles. The maximum absolute atomic E-state index is 4.30. The average molecular weight is 266 g/mol. The topological polar surface area (TPSA) is 0 Å². The smallest absolute Gasteiger partial charge is 0.00141 e. The Bertz CT molecular complexity index is 624. The molecule has 106 valence electrons. The highest BCUT2D eigenvalue weighted by atomic mass is 14.3. The first-order valence-electron chi connectivity index (χ1n) is 7.55. The van der Waals surface area contributed by atoms with Gasteiger partial charge >= 0.3 is 0 Å². The lowest BCUT2D eigenvalue weighted by Gasteiger charge is -2.27. The molecule has 2 rings (SSSR count). The van der Waals surface area contributed by atoms with Gasteiger partial charge in [-0.15, -0.1) is 0 Å². The molecule has 0 unspecified atom stereocenters. The van der Waals surface area contributed by atoms with Gasteiger partial charge in [-0.25, -0.2) is 0 Å². The number of hydrogen-bond acceptors (Lipinski definition) is 0. The predicted octanol–water partition coefficient (Wildman–Crippen LogP) is 5.77. The molecule has 0 fully saturated rings. The summed E-state index contributed by atoms with van der Waals surface area (Å²) in [6, 6.07) is 0. The van der Waals surface area contributed by atoms with Gasteiger partial charge in [-0.05, 0) is 85.1 Å². The van der Waals surface area contributed by atoms with Crippen LogP contribution in [-0.4, -0.2) is 0 Å². The summed E-state index contributed by atoms with van der Waals surface area (Å²) in [5.41, 5.74) is 12.3. The minimum absolute atomic E-state index is 1.01. The van der Waals surface area contributed by atoms with Crippen molar-refractivity contribution in [3.8, 4) is 0 Å². The quantitative estimate of drug-likeness (QED) is 0.651. The Morgan fingerprint density at radius 2 is 1.65 bits per heavy atom. The minimum Gasteiger partial charge on any atom is -0.0955 e. The minimum atomic E-state index is 1.01. The molecule has 0 bridgehead atoms. The lowest BCUT2D eigenvalue weighted by molar-refractivity contribution is 0.898. The van der Waals surface area contributed by atoms with E-state index in [-0.39, 0.29) is 0 Å². The summed E-state index contributed by atoms with van der Waals surface area (Å²) < 4.78 is 0. The zero-order valence-corrected chi connectivity index (χ0v) is 13.6. The number of benzene rings is 1. The van der Waals surface area contributed by atoms with Crippen molar-refractivity contribution in [2.75, 3.05) is 0 Å². The highest BCUT2D eigenvalue weighted by Gasteiger charge is 2.21. The van der Waals surface area contributed by atoms with Crippen LogP contribution in [0.1, 0.15) is 53.1 Å². The van der Waals surface area contributed by atoms with Gasteiger partial charge in [0.1, 0.15) is 0 Å². The lowest BCUT2D eigenvalue weighted by atomic mass is 9.78. The van der Waals surface area contributed by atoms with Crippen LogP contribution in [0.15, 0.2) is 30.4 Å². The Balaban J connectivity index is 2.57. The second kappa shape index (κ2) is 5.44. The molecule has 0 spiro atoms. The highest BCUT2D eigenvalue weighted by Crippen LogP contribution is 2.38. The Labute approximate surface area is 123 Å². The Morgan fingerprint density at radius 3 is 2.25 bits per heavy atom. The van der Waals surface area contributed by atoms with Gasteiger partial charge in [0.15, 0.2) is 0 Å². The van der Waals surface area contributed by atoms with E-state index in [0.717, 1.165) is 24.8 Å². The summed E-state index contributed by atoms with van der Waals surface area (Å²) >= 11 is 0. The van der Waals surface area contributed by atoms with Gasteiger partial charge in [-0.2, -0.15) is 0 Å². The van der Waals surface area contributed by atoms with Crippen molar-refractivity contribution in [3.63, 3.8) is 0 Å². The van der Waals surface area contributed by atoms with Gasteiger partial charge < -0.3 is 0 Å². The third kappa shape index (κ3) is 2.28. The second-order valence-electron chi connectivity index (χ2n) is 6.08. The van der Waals surface area contributed by atoms with E-state index >= 15 is 0 Å². The third-order valence-corrected chi connectivity index (χ3v) is 4.86. The molecular weight excluding hydrogens is 240 g/mol. The van der Waals surface area contributed by atoms with E-state index in [4.69, 9.17) is 0 Å². The van der Waals surface area contributed by atoms with Gasteiger partial charge in [0.2, 0.25) is 0 Å². The third-order valence-electron chi connectivity index (χ3n) is 4.86. The van der Waals surface area contributed by atoms with Crippen molar-refractivity contribution in [2.24, 2.45) is 0 Å². The highest BCUT2D eigenvalue weighted by molar-refractivity contribution is 5.82. The van der Waals surface area contributed by atoms with Crippen LogP contribution in [0.25, 0.3) is 5.57 Å². The normalized spacial score (nSPS) is 14.1. The summed E-state index contributed by atoms with van der Waals surface area (Å²) in [7, 11) is 0. The SMILES string of the molecule is C=C(CCC)C1=CC(=C)c2c(C)c(C)c(C)c(C)c2C1. The molecule has 0 amide bonds. The van der Waals surface area contributed by atoms with Crippen LogP contribution in [0, 0.1) is 27.7 Å². The van der Waals surface area contributed by atoms with Crippen molar-refractivity contribution >= 4 is 5.57 Å². The molecule has 1 aromatic rings. The summed E-state index contributed by atoms with van der Waals surface area (Å²) in [6.45, 7) is 19.7. The second-order valence-corrected chi connectivity index (χ2v) is 6.08. The zero-order chi connectivity index (χ0) is 15.0. The fraction of sp³-hybridized carbons (Fsp3) is 0.400. The number of allylic oxidation sites excluding steroid dienone is 4. The van der Waals surface area contributed by atoms with Crippen molar-refractivity contribution in [1.82, 2.24) is 0 Å². The molecule has 1 aliphatic carbocycles. The van der Waals surface area contributed by atoms with Crippen LogP contribution < -0.4 is 0 Å². The summed E-state index contributed by atoms with van der Waals surface area (Å²) in [5, 5.41) is 0. The van der Waals surface area contributed by atoms with E-state index in [9.17, 15) is 0 Å². The molecule has 1 aromatic carbocycles. The van der Waals surface area contributed by atoms with E-state index in [1.807, 2.05) is 0 Å². The van der Waals surface area contributed by atoms with E-state index in [1.54, 1.807) is 0 Å². The number of hydrogen-bond donors (Lipinski definition) is 0. The van der Waals surface area contributed by atoms with E-state index < -0.39 is 0 Å². The largest absolute Gasteiger partial charge is 0.0955 e. The van der Waals surface area contributed by atoms with Crippen molar-refractivity contribution < 1.29 is 0 Å². The molecule has 0 nitrogen and oxygen atoms in total. The van der Waals surface area contributed by atoms with Crippen LogP contribution in [0.2, 0.25) is 0 Å². The summed E-state index contributed by atoms with van der Waals surface area (Å²) in [6.07, 6.45) is 5.50. The molecule has 0 heteroatoms. The zero-order valence-electron chi connectivity index (χ0n) is 13.6. The number of rotatable bonds is 3. The monoisotopic (exact) mass is 266 g/mol.